The van der Waals surface area contributed by atoms with Gasteiger partial charge in [0, 0.05) is 13.6 Å². The van der Waals surface area contributed by atoms with Crippen molar-refractivity contribution in [3.05, 3.63) is 17.8 Å². The summed E-state index contributed by atoms with van der Waals surface area (Å²) in [6.45, 7) is 1.77. The van der Waals surface area contributed by atoms with Gasteiger partial charge in [0.15, 0.2) is 6.10 Å². The molecule has 6 nitrogen and oxygen atoms in total. The van der Waals surface area contributed by atoms with Gasteiger partial charge in [-0.05, 0) is 11.4 Å². The van der Waals surface area contributed by atoms with Gasteiger partial charge in [-0.1, -0.05) is 0 Å². The molecule has 0 saturated carbocycles. The molecule has 2 aromatic heterocycles. The molecule has 100 valence electrons. The van der Waals surface area contributed by atoms with Crippen LogP contribution in [0.3, 0.4) is 0 Å². The second-order valence-electron chi connectivity index (χ2n) is 4.26. The zero-order chi connectivity index (χ0) is 13.2. The quantitative estimate of drug-likeness (QED) is 0.873. The Kier molecular flexibility index (Phi) is 3.31. The molecule has 1 aliphatic heterocycles. The second-order valence-corrected chi connectivity index (χ2v) is 5.15. The number of fused-ring (bicyclic) bond motifs is 1. The third-order valence-electron chi connectivity index (χ3n) is 3.15. The van der Waals surface area contributed by atoms with Crippen molar-refractivity contribution in [3.63, 3.8) is 0 Å². The van der Waals surface area contributed by atoms with Gasteiger partial charge >= 0.3 is 0 Å². The Morgan fingerprint density at radius 1 is 1.58 bits per heavy atom. The van der Waals surface area contributed by atoms with Crippen molar-refractivity contribution in [2.45, 2.75) is 6.10 Å². The van der Waals surface area contributed by atoms with Crippen LogP contribution >= 0.6 is 11.3 Å². The van der Waals surface area contributed by atoms with Gasteiger partial charge in [-0.2, -0.15) is 0 Å². The van der Waals surface area contributed by atoms with Crippen molar-refractivity contribution < 1.29 is 9.53 Å². The molecule has 1 atom stereocenters. The fourth-order valence-electron chi connectivity index (χ4n) is 2.19. The summed E-state index contributed by atoms with van der Waals surface area (Å²) in [5.41, 5.74) is 0. The number of hydrogen-bond donors (Lipinski definition) is 1. The molecule has 0 aromatic carbocycles. The summed E-state index contributed by atoms with van der Waals surface area (Å²) in [6.07, 6.45) is 1.13. The molecule has 1 N–H and O–H groups in total. The lowest BCUT2D eigenvalue weighted by atomic mass is 10.2. The number of hydrogen-bond acceptors (Lipinski definition) is 6. The summed E-state index contributed by atoms with van der Waals surface area (Å²) in [5, 5.41) is 5.65. The molecule has 7 heteroatoms. The van der Waals surface area contributed by atoms with E-state index in [0.29, 0.717) is 13.2 Å². The van der Waals surface area contributed by atoms with E-state index in [-0.39, 0.29) is 5.91 Å². The average molecular weight is 278 g/mol. The van der Waals surface area contributed by atoms with Gasteiger partial charge in [-0.25, -0.2) is 9.97 Å². The predicted molar refractivity (Wildman–Crippen MR) is 73.4 cm³/mol. The number of amides is 1. The Bertz CT molecular complexity index is 600. The van der Waals surface area contributed by atoms with Crippen LogP contribution in [0.15, 0.2) is 17.8 Å². The van der Waals surface area contributed by atoms with E-state index < -0.39 is 6.10 Å². The van der Waals surface area contributed by atoms with Crippen LogP contribution in [0.4, 0.5) is 5.82 Å². The molecule has 1 aliphatic rings. The van der Waals surface area contributed by atoms with Gasteiger partial charge in [0.1, 0.15) is 17.0 Å². The van der Waals surface area contributed by atoms with E-state index in [1.807, 2.05) is 11.4 Å². The van der Waals surface area contributed by atoms with Crippen molar-refractivity contribution in [2.75, 3.05) is 31.6 Å². The van der Waals surface area contributed by atoms with Crippen LogP contribution in [0, 0.1) is 0 Å². The van der Waals surface area contributed by atoms with Gasteiger partial charge < -0.3 is 15.0 Å². The lowest BCUT2D eigenvalue weighted by molar-refractivity contribution is -0.132. The fourth-order valence-corrected chi connectivity index (χ4v) is 2.92. The Hall–Kier alpha value is -1.73. The van der Waals surface area contributed by atoms with Crippen molar-refractivity contribution in [2.24, 2.45) is 0 Å². The molecule has 0 bridgehead atoms. The maximum Gasteiger partial charge on any atom is 0.250 e. The fraction of sp³-hybridized carbons (Fsp3) is 0.417. The van der Waals surface area contributed by atoms with Crippen LogP contribution in [-0.4, -0.2) is 48.7 Å². The first-order valence-electron chi connectivity index (χ1n) is 6.06. The van der Waals surface area contributed by atoms with E-state index in [1.54, 1.807) is 24.7 Å². The summed E-state index contributed by atoms with van der Waals surface area (Å²) in [5.74, 6) is 0.781. The van der Waals surface area contributed by atoms with Crippen LogP contribution < -0.4 is 10.2 Å². The molecule has 19 heavy (non-hydrogen) atoms. The molecule has 1 amide bonds. The van der Waals surface area contributed by atoms with E-state index in [0.717, 1.165) is 22.6 Å². The number of carbonyl (C=O) groups excluding carboxylic acids is 1. The molecule has 2 aromatic rings. The summed E-state index contributed by atoms with van der Waals surface area (Å²) in [7, 11) is 1.62. The molecule has 0 spiro atoms. The van der Waals surface area contributed by atoms with Crippen molar-refractivity contribution in [3.8, 4) is 0 Å². The third kappa shape index (κ3) is 2.26. The summed E-state index contributed by atoms with van der Waals surface area (Å²) < 4.78 is 5.48. The van der Waals surface area contributed by atoms with Crippen LogP contribution in [0.25, 0.3) is 10.2 Å². The monoisotopic (exact) mass is 278 g/mol. The summed E-state index contributed by atoms with van der Waals surface area (Å²) >= 11 is 1.59. The SMILES string of the molecule is CNC(=O)C1CN(c2ncnc3sccc23)CCO1. The number of aromatic nitrogens is 2. The topological polar surface area (TPSA) is 67.4 Å². The molecule has 3 rings (SSSR count). The van der Waals surface area contributed by atoms with Crippen molar-refractivity contribution in [1.82, 2.24) is 15.3 Å². The highest BCUT2D eigenvalue weighted by atomic mass is 32.1. The van der Waals surface area contributed by atoms with Gasteiger partial charge in [0.25, 0.3) is 5.91 Å². The number of ether oxygens (including phenoxy) is 1. The number of likely N-dealkylation sites (N-methyl/N-ethyl adjacent to an activating group) is 1. The number of nitrogens with zero attached hydrogens (tertiary/aromatic N) is 3. The highest BCUT2D eigenvalue weighted by Gasteiger charge is 2.27. The lowest BCUT2D eigenvalue weighted by Crippen LogP contribution is -2.49. The zero-order valence-corrected chi connectivity index (χ0v) is 11.3. The van der Waals surface area contributed by atoms with Crippen molar-refractivity contribution >= 4 is 33.3 Å². The largest absolute Gasteiger partial charge is 0.365 e. The Morgan fingerprint density at radius 2 is 2.47 bits per heavy atom. The predicted octanol–water partition coefficient (Wildman–Crippen LogP) is 0.642. The molecule has 1 saturated heterocycles. The maximum absolute atomic E-state index is 11.7. The minimum absolute atomic E-state index is 0.0969. The number of rotatable bonds is 2. The smallest absolute Gasteiger partial charge is 0.250 e. The first-order valence-corrected chi connectivity index (χ1v) is 6.94. The summed E-state index contributed by atoms with van der Waals surface area (Å²) in [6, 6.07) is 2.01. The Balaban J connectivity index is 1.89. The second kappa shape index (κ2) is 5.10. The van der Waals surface area contributed by atoms with E-state index in [9.17, 15) is 4.79 Å². The maximum atomic E-state index is 11.7. The van der Waals surface area contributed by atoms with Crippen LogP contribution in [0.5, 0.6) is 0 Å². The van der Waals surface area contributed by atoms with E-state index >= 15 is 0 Å². The van der Waals surface area contributed by atoms with Gasteiger partial charge in [-0.3, -0.25) is 4.79 Å². The minimum Gasteiger partial charge on any atom is -0.365 e. The van der Waals surface area contributed by atoms with Crippen LogP contribution in [0.1, 0.15) is 0 Å². The van der Waals surface area contributed by atoms with Crippen LogP contribution in [0.2, 0.25) is 0 Å². The van der Waals surface area contributed by atoms with E-state index in [4.69, 9.17) is 4.74 Å². The van der Waals surface area contributed by atoms with Crippen molar-refractivity contribution in [1.29, 1.82) is 0 Å². The highest BCUT2D eigenvalue weighted by Crippen LogP contribution is 2.27. The standard InChI is InChI=1S/C12H14N4O2S/c1-13-11(17)9-6-16(3-4-18-9)10-8-2-5-19-12(8)15-7-14-10/h2,5,7,9H,3-4,6H2,1H3,(H,13,17). The van der Waals surface area contributed by atoms with E-state index in [1.165, 1.54) is 0 Å². The zero-order valence-electron chi connectivity index (χ0n) is 10.5. The lowest BCUT2D eigenvalue weighted by Gasteiger charge is -2.32. The summed E-state index contributed by atoms with van der Waals surface area (Å²) in [4.78, 5) is 23.3. The number of thiophene rings is 1. The normalized spacial score (nSPS) is 19.6. The molecular formula is C12H14N4O2S. The first-order chi connectivity index (χ1) is 9.29. The molecule has 0 radical (unpaired) electrons. The minimum atomic E-state index is -0.442. The highest BCUT2D eigenvalue weighted by molar-refractivity contribution is 7.16. The van der Waals surface area contributed by atoms with Crippen LogP contribution in [-0.2, 0) is 9.53 Å². The molecule has 0 aliphatic carbocycles. The number of morpholine rings is 1. The number of carbonyl (C=O) groups is 1. The average Bonchev–Trinajstić information content (AvgIpc) is 2.94. The molecule has 1 unspecified atom stereocenters. The van der Waals surface area contributed by atoms with Gasteiger partial charge in [0.05, 0.1) is 18.5 Å². The number of anilines is 1. The van der Waals surface area contributed by atoms with E-state index in [2.05, 4.69) is 20.2 Å². The van der Waals surface area contributed by atoms with Gasteiger partial charge in [0.2, 0.25) is 0 Å². The van der Waals surface area contributed by atoms with Gasteiger partial charge in [-0.15, -0.1) is 11.3 Å². The Labute approximate surface area is 114 Å². The third-order valence-corrected chi connectivity index (χ3v) is 3.97. The molecular weight excluding hydrogens is 264 g/mol. The molecule has 1 fully saturated rings. The first kappa shape index (κ1) is 12.3. The number of nitrogens with one attached hydrogen (secondary N) is 1. The molecule has 3 heterocycles. The Morgan fingerprint density at radius 3 is 3.32 bits per heavy atom.